The smallest absolute Gasteiger partial charge is 0.308 e. The number of likely N-dealkylation sites (tertiary alicyclic amines) is 1. The van der Waals surface area contributed by atoms with Gasteiger partial charge in [0.1, 0.15) is 0 Å². The molecular formula is C14H17NO5S. The highest BCUT2D eigenvalue weighted by Gasteiger charge is 2.32. The molecule has 6 nitrogen and oxygen atoms in total. The third-order valence-electron chi connectivity index (χ3n) is 3.69. The lowest BCUT2D eigenvalue weighted by Crippen LogP contribution is -2.30. The van der Waals surface area contributed by atoms with Crippen LogP contribution in [-0.2, 0) is 14.6 Å². The molecule has 1 amide bonds. The van der Waals surface area contributed by atoms with Crippen LogP contribution >= 0.6 is 0 Å². The zero-order chi connectivity index (χ0) is 15.8. The highest BCUT2D eigenvalue weighted by molar-refractivity contribution is 7.90. The van der Waals surface area contributed by atoms with Crippen molar-refractivity contribution in [3.05, 3.63) is 29.3 Å². The quantitative estimate of drug-likeness (QED) is 0.897. The number of hydrogen-bond donors (Lipinski definition) is 1. The van der Waals surface area contributed by atoms with E-state index in [0.717, 1.165) is 6.26 Å². The zero-order valence-electron chi connectivity index (χ0n) is 11.9. The van der Waals surface area contributed by atoms with Gasteiger partial charge in [-0.2, -0.15) is 0 Å². The summed E-state index contributed by atoms with van der Waals surface area (Å²) in [4.78, 5) is 24.9. The number of amides is 1. The molecule has 0 spiro atoms. The number of benzene rings is 1. The summed E-state index contributed by atoms with van der Waals surface area (Å²) in [7, 11) is -3.39. The molecule has 21 heavy (non-hydrogen) atoms. The van der Waals surface area contributed by atoms with E-state index in [1.54, 1.807) is 13.0 Å². The average molecular weight is 311 g/mol. The minimum absolute atomic E-state index is 0.0884. The molecule has 1 aliphatic heterocycles. The number of rotatable bonds is 3. The molecule has 1 aromatic carbocycles. The van der Waals surface area contributed by atoms with Gasteiger partial charge in [-0.05, 0) is 31.0 Å². The van der Waals surface area contributed by atoms with Gasteiger partial charge in [-0.15, -0.1) is 0 Å². The van der Waals surface area contributed by atoms with Crippen LogP contribution in [0.5, 0.6) is 0 Å². The minimum atomic E-state index is -3.39. The molecule has 2 rings (SSSR count). The van der Waals surface area contributed by atoms with E-state index in [-0.39, 0.29) is 17.3 Å². The highest BCUT2D eigenvalue weighted by atomic mass is 32.2. The first-order chi connectivity index (χ1) is 9.70. The van der Waals surface area contributed by atoms with Crippen molar-refractivity contribution < 1.29 is 23.1 Å². The van der Waals surface area contributed by atoms with Crippen molar-refractivity contribution in [2.75, 3.05) is 19.3 Å². The second-order valence-corrected chi connectivity index (χ2v) is 7.34. The van der Waals surface area contributed by atoms with Crippen molar-refractivity contribution in [1.29, 1.82) is 0 Å². The van der Waals surface area contributed by atoms with Gasteiger partial charge < -0.3 is 10.0 Å². The molecular weight excluding hydrogens is 294 g/mol. The fourth-order valence-corrected chi connectivity index (χ4v) is 3.03. The van der Waals surface area contributed by atoms with E-state index in [9.17, 15) is 18.0 Å². The van der Waals surface area contributed by atoms with Crippen LogP contribution in [0.1, 0.15) is 22.3 Å². The number of sulfone groups is 1. The van der Waals surface area contributed by atoms with E-state index >= 15 is 0 Å². The molecule has 0 bridgehead atoms. The Morgan fingerprint density at radius 1 is 1.33 bits per heavy atom. The van der Waals surface area contributed by atoms with Gasteiger partial charge in [0, 0.05) is 24.9 Å². The van der Waals surface area contributed by atoms with Crippen molar-refractivity contribution in [3.63, 3.8) is 0 Å². The summed E-state index contributed by atoms with van der Waals surface area (Å²) < 4.78 is 23.2. The maximum atomic E-state index is 12.5. The summed E-state index contributed by atoms with van der Waals surface area (Å²) in [6.45, 7) is 2.26. The third kappa shape index (κ3) is 3.24. The molecule has 1 aromatic rings. The number of nitrogens with zero attached hydrogens (tertiary/aromatic N) is 1. The fourth-order valence-electron chi connectivity index (χ4n) is 2.38. The second-order valence-electron chi connectivity index (χ2n) is 5.32. The van der Waals surface area contributed by atoms with E-state index in [1.807, 2.05) is 0 Å². The maximum Gasteiger partial charge on any atom is 0.308 e. The van der Waals surface area contributed by atoms with Crippen molar-refractivity contribution >= 4 is 21.7 Å². The van der Waals surface area contributed by atoms with Crippen LogP contribution in [0, 0.1) is 12.8 Å². The number of carbonyl (C=O) groups is 2. The van der Waals surface area contributed by atoms with E-state index in [1.165, 1.54) is 17.0 Å². The Morgan fingerprint density at radius 3 is 2.52 bits per heavy atom. The van der Waals surface area contributed by atoms with Gasteiger partial charge in [-0.25, -0.2) is 8.42 Å². The van der Waals surface area contributed by atoms with Gasteiger partial charge >= 0.3 is 5.97 Å². The molecule has 1 fully saturated rings. The van der Waals surface area contributed by atoms with Gasteiger partial charge in [0.25, 0.3) is 5.91 Å². The lowest BCUT2D eigenvalue weighted by atomic mass is 10.1. The number of aliphatic carboxylic acids is 1. The summed E-state index contributed by atoms with van der Waals surface area (Å²) in [5.74, 6) is -1.78. The SMILES string of the molecule is Cc1ccc(S(C)(=O)=O)cc1C(=O)N1CC[C@@H](C(=O)O)C1. The Hall–Kier alpha value is -1.89. The molecule has 0 unspecified atom stereocenters. The molecule has 1 aliphatic rings. The molecule has 1 heterocycles. The summed E-state index contributed by atoms with van der Waals surface area (Å²) in [5.41, 5.74) is 0.982. The highest BCUT2D eigenvalue weighted by Crippen LogP contribution is 2.22. The third-order valence-corrected chi connectivity index (χ3v) is 4.80. The van der Waals surface area contributed by atoms with Gasteiger partial charge in [0.2, 0.25) is 0 Å². The first kappa shape index (κ1) is 15.5. The molecule has 7 heteroatoms. The standard InChI is InChI=1S/C14H17NO5S/c1-9-3-4-11(21(2,19)20)7-12(9)13(16)15-6-5-10(8-15)14(17)18/h3-4,7,10H,5-6,8H2,1-2H3,(H,17,18)/t10-/m1/s1. The lowest BCUT2D eigenvalue weighted by Gasteiger charge is -2.17. The molecule has 0 aliphatic carbocycles. The van der Waals surface area contributed by atoms with Crippen LogP contribution in [-0.4, -0.2) is 49.6 Å². The van der Waals surface area contributed by atoms with Gasteiger partial charge in [-0.3, -0.25) is 9.59 Å². The first-order valence-electron chi connectivity index (χ1n) is 6.53. The van der Waals surface area contributed by atoms with Crippen molar-refractivity contribution in [2.45, 2.75) is 18.2 Å². The topological polar surface area (TPSA) is 91.8 Å². The number of carboxylic acid groups (broad SMARTS) is 1. The van der Waals surface area contributed by atoms with Crippen molar-refractivity contribution in [2.24, 2.45) is 5.92 Å². The maximum absolute atomic E-state index is 12.5. The molecule has 0 radical (unpaired) electrons. The molecule has 0 saturated carbocycles. The van der Waals surface area contributed by atoms with E-state index in [0.29, 0.717) is 24.1 Å². The van der Waals surface area contributed by atoms with Crippen molar-refractivity contribution in [1.82, 2.24) is 4.90 Å². The first-order valence-corrected chi connectivity index (χ1v) is 8.42. The molecule has 1 atom stereocenters. The second kappa shape index (κ2) is 5.48. The van der Waals surface area contributed by atoms with E-state index in [2.05, 4.69) is 0 Å². The van der Waals surface area contributed by atoms with Crippen molar-refractivity contribution in [3.8, 4) is 0 Å². The zero-order valence-corrected chi connectivity index (χ0v) is 12.7. The fraction of sp³-hybridized carbons (Fsp3) is 0.429. The van der Waals surface area contributed by atoms with Crippen LogP contribution in [0.4, 0.5) is 0 Å². The van der Waals surface area contributed by atoms with E-state index in [4.69, 9.17) is 5.11 Å². The number of carboxylic acids is 1. The number of carbonyl (C=O) groups excluding carboxylic acids is 1. The van der Waals surface area contributed by atoms with Crippen LogP contribution < -0.4 is 0 Å². The van der Waals surface area contributed by atoms with Gasteiger partial charge in [0.05, 0.1) is 10.8 Å². The largest absolute Gasteiger partial charge is 0.481 e. The normalized spacial score (nSPS) is 18.8. The lowest BCUT2D eigenvalue weighted by molar-refractivity contribution is -0.141. The molecule has 1 saturated heterocycles. The predicted octanol–water partition coefficient (Wildman–Crippen LogP) is 0.945. The number of aryl methyl sites for hydroxylation is 1. The Morgan fingerprint density at radius 2 is 2.00 bits per heavy atom. The average Bonchev–Trinajstić information content (AvgIpc) is 2.86. The minimum Gasteiger partial charge on any atom is -0.481 e. The monoisotopic (exact) mass is 311 g/mol. The Labute approximate surface area is 123 Å². The van der Waals surface area contributed by atoms with Crippen LogP contribution in [0.25, 0.3) is 0 Å². The Balaban J connectivity index is 2.30. The number of hydrogen-bond acceptors (Lipinski definition) is 4. The van der Waals surface area contributed by atoms with Crippen LogP contribution in [0.2, 0.25) is 0 Å². The van der Waals surface area contributed by atoms with Gasteiger partial charge in [0.15, 0.2) is 9.84 Å². The Bertz CT molecular complexity index is 695. The molecule has 0 aromatic heterocycles. The summed E-state index contributed by atoms with van der Waals surface area (Å²) in [6.07, 6.45) is 1.51. The van der Waals surface area contributed by atoms with E-state index < -0.39 is 21.7 Å². The van der Waals surface area contributed by atoms with Crippen LogP contribution in [0.3, 0.4) is 0 Å². The van der Waals surface area contributed by atoms with Crippen LogP contribution in [0.15, 0.2) is 23.1 Å². The molecule has 114 valence electrons. The summed E-state index contributed by atoms with van der Waals surface area (Å²) in [5, 5.41) is 8.97. The predicted molar refractivity (Wildman–Crippen MR) is 75.9 cm³/mol. The van der Waals surface area contributed by atoms with Gasteiger partial charge in [-0.1, -0.05) is 6.07 Å². The summed E-state index contributed by atoms with van der Waals surface area (Å²) >= 11 is 0. The molecule has 1 N–H and O–H groups in total. The Kier molecular flexibility index (Phi) is 4.04. The summed E-state index contributed by atoms with van der Waals surface area (Å²) in [6, 6.07) is 4.42.